The molecule has 0 fully saturated rings. The Morgan fingerprint density at radius 2 is 2.12 bits per heavy atom. The molecule has 0 bridgehead atoms. The normalized spacial score (nSPS) is 12.6. The molecular weight excluding hydrogens is 308 g/mol. The number of anilines is 1. The van der Waals surface area contributed by atoms with E-state index in [1.54, 1.807) is 18.2 Å². The Bertz CT molecular complexity index is 551. The minimum Gasteiger partial charge on any atom is -0.497 e. The molecule has 0 saturated carbocycles. The number of halogens is 1. The molecule has 0 spiro atoms. The zero-order chi connectivity index (χ0) is 13.1. The summed E-state index contributed by atoms with van der Waals surface area (Å²) < 4.78 is 31.3. The molecule has 1 unspecified atom stereocenters. The van der Waals surface area contributed by atoms with Crippen LogP contribution >= 0.6 is 15.9 Å². The lowest BCUT2D eigenvalue weighted by Crippen LogP contribution is -2.23. The summed E-state index contributed by atoms with van der Waals surface area (Å²) in [6.07, 6.45) is 0. The molecule has 0 aliphatic carbocycles. The minimum absolute atomic E-state index is 0.346. The first kappa shape index (κ1) is 13.8. The molecule has 92 valence electrons. The molecule has 5 nitrogen and oxygen atoms in total. The SMILES string of the molecule is COc1cc(Br)cc(NS(=O)(=O)C(C)C#N)c1. The third-order valence-electron chi connectivity index (χ3n) is 2.01. The molecule has 0 aromatic heterocycles. The van der Waals surface area contributed by atoms with E-state index in [9.17, 15) is 8.42 Å². The Morgan fingerprint density at radius 3 is 2.65 bits per heavy atom. The molecular formula is C10H11BrN2O3S. The van der Waals surface area contributed by atoms with Crippen LogP contribution in [0.15, 0.2) is 22.7 Å². The van der Waals surface area contributed by atoms with E-state index in [2.05, 4.69) is 20.7 Å². The third kappa shape index (κ3) is 3.61. The van der Waals surface area contributed by atoms with Crippen molar-refractivity contribution in [1.29, 1.82) is 5.26 Å². The molecule has 17 heavy (non-hydrogen) atoms. The molecule has 0 aliphatic rings. The highest BCUT2D eigenvalue weighted by Crippen LogP contribution is 2.25. The topological polar surface area (TPSA) is 79.2 Å². The van der Waals surface area contributed by atoms with E-state index in [1.165, 1.54) is 20.1 Å². The lowest BCUT2D eigenvalue weighted by atomic mass is 10.3. The van der Waals surface area contributed by atoms with Gasteiger partial charge in [0.05, 0.1) is 18.9 Å². The molecule has 0 radical (unpaired) electrons. The van der Waals surface area contributed by atoms with Gasteiger partial charge in [-0.1, -0.05) is 15.9 Å². The first-order valence-electron chi connectivity index (χ1n) is 4.65. The number of sulfonamides is 1. The second-order valence-corrected chi connectivity index (χ2v) is 6.22. The van der Waals surface area contributed by atoms with E-state index >= 15 is 0 Å². The quantitative estimate of drug-likeness (QED) is 0.922. The summed E-state index contributed by atoms with van der Waals surface area (Å²) in [6, 6.07) is 6.50. The van der Waals surface area contributed by atoms with Crippen LogP contribution in [-0.2, 0) is 10.0 Å². The minimum atomic E-state index is -3.69. The van der Waals surface area contributed by atoms with Crippen molar-refractivity contribution in [2.75, 3.05) is 11.8 Å². The summed E-state index contributed by atoms with van der Waals surface area (Å²) >= 11 is 3.24. The van der Waals surface area contributed by atoms with Crippen LogP contribution in [0.4, 0.5) is 5.69 Å². The van der Waals surface area contributed by atoms with Crippen LogP contribution in [0, 0.1) is 11.3 Å². The average molecular weight is 319 g/mol. The van der Waals surface area contributed by atoms with Gasteiger partial charge in [0.1, 0.15) is 5.75 Å². The third-order valence-corrected chi connectivity index (χ3v) is 4.03. The number of benzene rings is 1. The van der Waals surface area contributed by atoms with Gasteiger partial charge in [-0.05, 0) is 19.1 Å². The number of nitrogens with one attached hydrogen (secondary N) is 1. The summed E-state index contributed by atoms with van der Waals surface area (Å²) in [5, 5.41) is 7.48. The molecule has 0 aliphatic heterocycles. The van der Waals surface area contributed by atoms with Gasteiger partial charge in [0, 0.05) is 10.5 Å². The van der Waals surface area contributed by atoms with Crippen LogP contribution in [-0.4, -0.2) is 20.8 Å². The fourth-order valence-corrected chi connectivity index (χ4v) is 2.30. The van der Waals surface area contributed by atoms with Crippen molar-refractivity contribution >= 4 is 31.6 Å². The molecule has 1 N–H and O–H groups in total. The van der Waals surface area contributed by atoms with Crippen molar-refractivity contribution in [2.45, 2.75) is 12.2 Å². The number of nitrogens with zero attached hydrogens (tertiary/aromatic N) is 1. The maximum absolute atomic E-state index is 11.7. The molecule has 1 aromatic carbocycles. The summed E-state index contributed by atoms with van der Waals surface area (Å²) in [7, 11) is -2.21. The fraction of sp³-hybridized carbons (Fsp3) is 0.300. The molecule has 7 heteroatoms. The van der Waals surface area contributed by atoms with Crippen LogP contribution in [0.1, 0.15) is 6.92 Å². The van der Waals surface area contributed by atoms with Crippen LogP contribution in [0.25, 0.3) is 0 Å². The van der Waals surface area contributed by atoms with Crippen LogP contribution in [0.5, 0.6) is 5.75 Å². The number of methoxy groups -OCH3 is 1. The van der Waals surface area contributed by atoms with Crippen molar-refractivity contribution in [3.8, 4) is 11.8 Å². The maximum atomic E-state index is 11.7. The van der Waals surface area contributed by atoms with E-state index in [-0.39, 0.29) is 0 Å². The largest absolute Gasteiger partial charge is 0.497 e. The summed E-state index contributed by atoms with van der Waals surface area (Å²) in [4.78, 5) is 0. The number of ether oxygens (including phenoxy) is 1. The first-order valence-corrected chi connectivity index (χ1v) is 6.99. The van der Waals surface area contributed by atoms with E-state index < -0.39 is 15.3 Å². The molecule has 0 saturated heterocycles. The van der Waals surface area contributed by atoms with Gasteiger partial charge >= 0.3 is 0 Å². The number of hydrogen-bond donors (Lipinski definition) is 1. The van der Waals surface area contributed by atoms with Crippen LogP contribution in [0.2, 0.25) is 0 Å². The standard InChI is InChI=1S/C10H11BrN2O3S/c1-7(6-12)17(14,15)13-9-3-8(11)4-10(5-9)16-2/h3-5,7,13H,1-2H3. The van der Waals surface area contributed by atoms with Gasteiger partial charge in [-0.2, -0.15) is 5.26 Å². The van der Waals surface area contributed by atoms with Crippen molar-refractivity contribution < 1.29 is 13.2 Å². The predicted octanol–water partition coefficient (Wildman–Crippen LogP) is 2.11. The van der Waals surface area contributed by atoms with E-state index in [1.807, 2.05) is 0 Å². The Hall–Kier alpha value is -1.26. The summed E-state index contributed by atoms with van der Waals surface area (Å²) in [5.41, 5.74) is 0.346. The lowest BCUT2D eigenvalue weighted by molar-refractivity contribution is 0.415. The second-order valence-electron chi connectivity index (χ2n) is 3.30. The summed E-state index contributed by atoms with van der Waals surface area (Å²) in [5.74, 6) is 0.515. The van der Waals surface area contributed by atoms with Crippen molar-refractivity contribution in [1.82, 2.24) is 0 Å². The van der Waals surface area contributed by atoms with E-state index in [0.717, 1.165) is 0 Å². The Morgan fingerprint density at radius 1 is 1.47 bits per heavy atom. The van der Waals surface area contributed by atoms with Crippen molar-refractivity contribution in [3.63, 3.8) is 0 Å². The first-order chi connectivity index (χ1) is 7.89. The molecule has 1 aromatic rings. The Kier molecular flexibility index (Phi) is 4.37. The van der Waals surface area contributed by atoms with E-state index in [4.69, 9.17) is 10.00 Å². The van der Waals surface area contributed by atoms with Gasteiger partial charge in [0.15, 0.2) is 5.25 Å². The number of rotatable bonds is 4. The smallest absolute Gasteiger partial charge is 0.248 e. The molecule has 0 heterocycles. The predicted molar refractivity (Wildman–Crippen MR) is 68.3 cm³/mol. The highest BCUT2D eigenvalue weighted by molar-refractivity contribution is 9.10. The monoisotopic (exact) mass is 318 g/mol. The van der Waals surface area contributed by atoms with Gasteiger partial charge in [0.2, 0.25) is 10.0 Å². The molecule has 0 amide bonds. The van der Waals surface area contributed by atoms with E-state index in [0.29, 0.717) is 15.9 Å². The highest BCUT2D eigenvalue weighted by Gasteiger charge is 2.20. The van der Waals surface area contributed by atoms with Gasteiger partial charge in [-0.3, -0.25) is 4.72 Å². The van der Waals surface area contributed by atoms with Crippen molar-refractivity contribution in [2.24, 2.45) is 0 Å². The average Bonchev–Trinajstić information content (AvgIpc) is 2.26. The summed E-state index contributed by atoms with van der Waals surface area (Å²) in [6.45, 7) is 1.32. The number of hydrogen-bond acceptors (Lipinski definition) is 4. The van der Waals surface area contributed by atoms with Gasteiger partial charge in [-0.25, -0.2) is 8.42 Å². The molecule has 1 atom stereocenters. The second kappa shape index (κ2) is 5.38. The Labute approximate surface area is 109 Å². The van der Waals surface area contributed by atoms with Gasteiger partial charge in [0.25, 0.3) is 0 Å². The maximum Gasteiger partial charge on any atom is 0.248 e. The van der Waals surface area contributed by atoms with Crippen LogP contribution in [0.3, 0.4) is 0 Å². The number of nitriles is 1. The van der Waals surface area contributed by atoms with Gasteiger partial charge < -0.3 is 4.74 Å². The van der Waals surface area contributed by atoms with Crippen LogP contribution < -0.4 is 9.46 Å². The lowest BCUT2D eigenvalue weighted by Gasteiger charge is -2.10. The fourth-order valence-electron chi connectivity index (χ4n) is 1.06. The Balaban J connectivity index is 3.04. The zero-order valence-corrected chi connectivity index (χ0v) is 11.7. The zero-order valence-electron chi connectivity index (χ0n) is 9.27. The highest BCUT2D eigenvalue weighted by atomic mass is 79.9. The molecule has 1 rings (SSSR count). The van der Waals surface area contributed by atoms with Crippen molar-refractivity contribution in [3.05, 3.63) is 22.7 Å². The van der Waals surface area contributed by atoms with Gasteiger partial charge in [-0.15, -0.1) is 0 Å².